The van der Waals surface area contributed by atoms with Gasteiger partial charge in [-0.25, -0.2) is 14.8 Å². The molecule has 0 bridgehead atoms. The number of hydrogen-bond acceptors (Lipinski definition) is 6. The second-order valence-corrected chi connectivity index (χ2v) is 18.9. The zero-order valence-electron chi connectivity index (χ0n) is 36.3. The molecule has 12 heteroatoms. The third-order valence-electron chi connectivity index (χ3n) is 13.9. The fourth-order valence-corrected chi connectivity index (χ4v) is 10.6. The fraction of sp³-hybridized carbons (Fsp3) is 0.460. The van der Waals surface area contributed by atoms with Gasteiger partial charge in [-0.1, -0.05) is 106 Å². The lowest BCUT2D eigenvalue weighted by molar-refractivity contribution is -0.140. The highest BCUT2D eigenvalue weighted by Crippen LogP contribution is 2.40. The number of amides is 3. The molecule has 324 valence electrons. The van der Waals surface area contributed by atoms with Crippen LogP contribution in [0.5, 0.6) is 0 Å². The summed E-state index contributed by atoms with van der Waals surface area (Å²) in [5, 5.41) is 9.83. The number of piperidine rings is 2. The number of likely N-dealkylation sites (tertiary alicyclic amines) is 4. The van der Waals surface area contributed by atoms with Crippen LogP contribution in [0.2, 0.25) is 0 Å². The van der Waals surface area contributed by atoms with E-state index in [1.54, 1.807) is 0 Å². The second kappa shape index (κ2) is 17.6. The van der Waals surface area contributed by atoms with Crippen LogP contribution in [0, 0.1) is 11.3 Å². The summed E-state index contributed by atoms with van der Waals surface area (Å²) < 4.78 is 0. The summed E-state index contributed by atoms with van der Waals surface area (Å²) in [6, 6.07) is 26.6. The number of rotatable bonds is 9. The van der Waals surface area contributed by atoms with Crippen molar-refractivity contribution < 1.29 is 19.5 Å². The van der Waals surface area contributed by atoms with Crippen molar-refractivity contribution >= 4 is 17.9 Å². The minimum atomic E-state index is -0.911. The molecule has 0 saturated carbocycles. The van der Waals surface area contributed by atoms with Gasteiger partial charge >= 0.3 is 6.09 Å². The molecule has 4 fully saturated rings. The average Bonchev–Trinajstić information content (AvgIpc) is 4.14. The van der Waals surface area contributed by atoms with Crippen molar-refractivity contribution in [3.63, 3.8) is 0 Å². The SMILES string of the molecule is CC(C)(C)C1CC(C(=O)N2CCC[C@H]2c2ncc(-c3ccc(-c4ccc(-c5cnc([C@@H]6CCCN6C(=O)[C@@H](c6ccccc6)N6CCCCC6)[nH]5)cc4)cc3)[nH]2)CCN1C(=O)O. The number of hydrogen-bond donors (Lipinski definition) is 3. The lowest BCUT2D eigenvalue weighted by Gasteiger charge is -2.45. The lowest BCUT2D eigenvalue weighted by atomic mass is 9.76. The number of aromatic nitrogens is 4. The zero-order chi connectivity index (χ0) is 43.0. The Balaban J connectivity index is 0.844. The van der Waals surface area contributed by atoms with E-state index in [1.165, 1.54) is 11.3 Å². The van der Waals surface area contributed by atoms with Crippen LogP contribution in [-0.2, 0) is 9.59 Å². The van der Waals surface area contributed by atoms with Crippen molar-refractivity contribution in [2.45, 2.75) is 103 Å². The number of carbonyl (C=O) groups is 3. The largest absolute Gasteiger partial charge is 0.465 e. The maximum atomic E-state index is 14.4. The zero-order valence-corrected chi connectivity index (χ0v) is 36.3. The van der Waals surface area contributed by atoms with Gasteiger partial charge in [-0.2, -0.15) is 0 Å². The van der Waals surface area contributed by atoms with Crippen LogP contribution in [0.15, 0.2) is 91.3 Å². The molecule has 2 aromatic heterocycles. The number of aromatic amines is 2. The van der Waals surface area contributed by atoms with Crippen molar-refractivity contribution in [1.82, 2.24) is 39.5 Å². The molecule has 9 rings (SSSR count). The summed E-state index contributed by atoms with van der Waals surface area (Å²) >= 11 is 0. The Morgan fingerprint density at radius 3 is 1.71 bits per heavy atom. The molecule has 12 nitrogen and oxygen atoms in total. The van der Waals surface area contributed by atoms with Gasteiger partial charge in [0.15, 0.2) is 0 Å². The van der Waals surface area contributed by atoms with Gasteiger partial charge in [-0.15, -0.1) is 0 Å². The van der Waals surface area contributed by atoms with Crippen molar-refractivity contribution in [1.29, 1.82) is 0 Å². The first-order valence-corrected chi connectivity index (χ1v) is 22.7. The highest BCUT2D eigenvalue weighted by molar-refractivity contribution is 5.84. The van der Waals surface area contributed by atoms with Gasteiger partial charge < -0.3 is 29.8 Å². The highest BCUT2D eigenvalue weighted by atomic mass is 16.4. The summed E-state index contributed by atoms with van der Waals surface area (Å²) in [5.74, 6) is 1.73. The molecule has 2 unspecified atom stereocenters. The molecule has 0 spiro atoms. The van der Waals surface area contributed by atoms with Crippen LogP contribution in [0.25, 0.3) is 33.6 Å². The maximum absolute atomic E-state index is 14.4. The molecule has 5 atom stereocenters. The number of H-pyrrole nitrogens is 2. The Morgan fingerprint density at radius 1 is 0.629 bits per heavy atom. The van der Waals surface area contributed by atoms with Crippen LogP contribution in [0.1, 0.15) is 114 Å². The predicted octanol–water partition coefficient (Wildman–Crippen LogP) is 9.49. The van der Waals surface area contributed by atoms with Gasteiger partial charge in [0.05, 0.1) is 35.9 Å². The van der Waals surface area contributed by atoms with E-state index in [4.69, 9.17) is 9.97 Å². The first-order chi connectivity index (χ1) is 30.0. The van der Waals surface area contributed by atoms with E-state index >= 15 is 0 Å². The molecule has 4 saturated heterocycles. The lowest BCUT2D eigenvalue weighted by Crippen LogP contribution is -2.54. The van der Waals surface area contributed by atoms with E-state index in [-0.39, 0.29) is 47.3 Å². The molecule has 62 heavy (non-hydrogen) atoms. The number of nitrogens with one attached hydrogen (secondary N) is 2. The molecule has 3 amide bonds. The minimum Gasteiger partial charge on any atom is -0.465 e. The summed E-state index contributed by atoms with van der Waals surface area (Å²) in [6.07, 6.45) is 11.0. The van der Waals surface area contributed by atoms with Crippen LogP contribution in [0.3, 0.4) is 0 Å². The molecule has 3 aromatic carbocycles. The molecule has 3 N–H and O–H groups in total. The average molecular weight is 837 g/mol. The Kier molecular flexibility index (Phi) is 11.8. The van der Waals surface area contributed by atoms with E-state index in [1.807, 2.05) is 35.5 Å². The van der Waals surface area contributed by atoms with Crippen molar-refractivity contribution in [3.05, 3.63) is 108 Å². The van der Waals surface area contributed by atoms with Crippen LogP contribution in [-0.4, -0.2) is 101 Å². The highest BCUT2D eigenvalue weighted by Gasteiger charge is 2.44. The van der Waals surface area contributed by atoms with E-state index in [0.717, 1.165) is 109 Å². The van der Waals surface area contributed by atoms with Crippen molar-refractivity contribution in [3.8, 4) is 33.6 Å². The van der Waals surface area contributed by atoms with Crippen LogP contribution < -0.4 is 0 Å². The summed E-state index contributed by atoms with van der Waals surface area (Å²) in [4.78, 5) is 65.0. The van der Waals surface area contributed by atoms with Gasteiger partial charge in [-0.05, 0) is 97.7 Å². The number of carboxylic acid groups (broad SMARTS) is 1. The number of nitrogens with zero attached hydrogens (tertiary/aromatic N) is 6. The third kappa shape index (κ3) is 8.41. The van der Waals surface area contributed by atoms with Gasteiger partial charge in [-0.3, -0.25) is 14.5 Å². The summed E-state index contributed by atoms with van der Waals surface area (Å²) in [7, 11) is 0. The number of carbonyl (C=O) groups excluding carboxylic acids is 2. The van der Waals surface area contributed by atoms with Crippen molar-refractivity contribution in [2.24, 2.45) is 11.3 Å². The molecule has 0 radical (unpaired) electrons. The predicted molar refractivity (Wildman–Crippen MR) is 240 cm³/mol. The Labute approximate surface area is 364 Å². The van der Waals surface area contributed by atoms with E-state index in [9.17, 15) is 19.5 Å². The van der Waals surface area contributed by atoms with Crippen molar-refractivity contribution in [2.75, 3.05) is 32.7 Å². The summed E-state index contributed by atoms with van der Waals surface area (Å²) in [5.41, 5.74) is 6.91. The monoisotopic (exact) mass is 836 g/mol. The quantitative estimate of drug-likeness (QED) is 0.134. The maximum Gasteiger partial charge on any atom is 0.407 e. The van der Waals surface area contributed by atoms with E-state index in [2.05, 4.69) is 101 Å². The molecule has 5 aromatic rings. The first kappa shape index (κ1) is 41.6. The molecular weight excluding hydrogens is 777 g/mol. The molecule has 0 aliphatic carbocycles. The number of imidazole rings is 2. The molecule has 4 aliphatic rings. The number of benzene rings is 3. The van der Waals surface area contributed by atoms with E-state index in [0.29, 0.717) is 25.9 Å². The Bertz CT molecular complexity index is 2340. The van der Waals surface area contributed by atoms with Gasteiger partial charge in [0.2, 0.25) is 11.8 Å². The molecular formula is C50H60N8O4. The van der Waals surface area contributed by atoms with Crippen LogP contribution in [0.4, 0.5) is 4.79 Å². The Morgan fingerprint density at radius 2 is 1.16 bits per heavy atom. The topological polar surface area (TPSA) is 142 Å². The van der Waals surface area contributed by atoms with Crippen LogP contribution >= 0.6 is 0 Å². The van der Waals surface area contributed by atoms with E-state index < -0.39 is 6.09 Å². The van der Waals surface area contributed by atoms with Gasteiger partial charge in [0.1, 0.15) is 17.7 Å². The minimum absolute atomic E-state index is 0.0764. The molecule has 6 heterocycles. The fourth-order valence-electron chi connectivity index (χ4n) is 10.6. The first-order valence-electron chi connectivity index (χ1n) is 22.7. The Hall–Kier alpha value is -5.75. The van der Waals surface area contributed by atoms with Gasteiger partial charge in [0, 0.05) is 31.6 Å². The standard InChI is InChI=1S/C50H60N8O4/c1-50(2,3)43-30-38(24-29-58(43)49(61)62)47(59)56-27-10-14-41(56)45-51-31-39(53-45)35-20-16-33(17-21-35)34-18-22-36(23-19-34)40-32-52-46(54-40)42-15-11-28-57(42)48(60)44(37-12-6-4-7-13-37)55-25-8-5-9-26-55/h4,6-7,12-13,16-23,31-32,38,41-44H,5,8-11,14-15,24-30H2,1-3H3,(H,51,53)(H,52,54)(H,61,62)/t38?,41-,42-,43?,44+/m0/s1. The normalized spacial score (nSPS) is 22.9. The van der Waals surface area contributed by atoms with Gasteiger partial charge in [0.25, 0.3) is 0 Å². The smallest absolute Gasteiger partial charge is 0.407 e. The third-order valence-corrected chi connectivity index (χ3v) is 13.9. The summed E-state index contributed by atoms with van der Waals surface area (Å²) in [6.45, 7) is 9.85. The molecule has 4 aliphatic heterocycles. The second-order valence-electron chi connectivity index (χ2n) is 18.9.